The third kappa shape index (κ3) is 5.82. The normalized spacial score (nSPS) is 23.2. The van der Waals surface area contributed by atoms with Crippen molar-refractivity contribution < 1.29 is 19.4 Å². The molecule has 2 atom stereocenters. The lowest BCUT2D eigenvalue weighted by atomic mass is 9.90. The van der Waals surface area contributed by atoms with Gasteiger partial charge in [-0.05, 0) is 41.9 Å². The van der Waals surface area contributed by atoms with Crippen LogP contribution >= 0.6 is 0 Å². The van der Waals surface area contributed by atoms with Crippen molar-refractivity contribution in [3.63, 3.8) is 0 Å². The van der Waals surface area contributed by atoms with Crippen LogP contribution in [-0.4, -0.2) is 23.3 Å². The number of hydrogen-bond acceptors (Lipinski definition) is 4. The Bertz CT molecular complexity index is 662. The Hall–Kier alpha value is -1.85. The Kier molecular flexibility index (Phi) is 7.51. The molecular formula is C23H33NO4. The molecule has 5 heteroatoms. The van der Waals surface area contributed by atoms with E-state index in [2.05, 4.69) is 19.2 Å². The highest BCUT2D eigenvalue weighted by Gasteiger charge is 2.30. The van der Waals surface area contributed by atoms with Gasteiger partial charge in [-0.25, -0.2) is 0 Å². The molecule has 0 unspecified atom stereocenters. The Morgan fingerprint density at radius 1 is 1.18 bits per heavy atom. The van der Waals surface area contributed by atoms with E-state index in [1.165, 1.54) is 19.3 Å². The molecule has 154 valence electrons. The third-order valence-corrected chi connectivity index (χ3v) is 5.75. The van der Waals surface area contributed by atoms with Crippen LogP contribution < -0.4 is 5.32 Å². The van der Waals surface area contributed by atoms with Crippen molar-refractivity contribution in [1.29, 1.82) is 0 Å². The molecule has 1 aliphatic carbocycles. The second kappa shape index (κ2) is 10.1. The molecule has 1 fully saturated rings. The van der Waals surface area contributed by atoms with Crippen LogP contribution in [0, 0.1) is 11.8 Å². The van der Waals surface area contributed by atoms with Crippen LogP contribution in [0.2, 0.25) is 0 Å². The average Bonchev–Trinajstić information content (AvgIpc) is 2.73. The summed E-state index contributed by atoms with van der Waals surface area (Å²) in [4.78, 5) is 12.7. The Morgan fingerprint density at radius 3 is 2.50 bits per heavy atom. The van der Waals surface area contributed by atoms with E-state index in [9.17, 15) is 4.79 Å². The summed E-state index contributed by atoms with van der Waals surface area (Å²) in [6.45, 7) is 4.77. The first kappa shape index (κ1) is 20.9. The van der Waals surface area contributed by atoms with E-state index in [1.807, 2.05) is 30.3 Å². The van der Waals surface area contributed by atoms with Gasteiger partial charge in [-0.2, -0.15) is 0 Å². The molecule has 3 rings (SSSR count). The Labute approximate surface area is 168 Å². The van der Waals surface area contributed by atoms with Crippen molar-refractivity contribution in [2.75, 3.05) is 0 Å². The fourth-order valence-electron chi connectivity index (χ4n) is 3.84. The van der Waals surface area contributed by atoms with E-state index in [4.69, 9.17) is 14.6 Å². The zero-order chi connectivity index (χ0) is 19.9. The lowest BCUT2D eigenvalue weighted by Gasteiger charge is -2.32. The highest BCUT2D eigenvalue weighted by Crippen LogP contribution is 2.29. The monoisotopic (exact) mass is 387 g/mol. The van der Waals surface area contributed by atoms with Gasteiger partial charge in [0.2, 0.25) is 6.29 Å². The van der Waals surface area contributed by atoms with Crippen LogP contribution in [0.25, 0.3) is 0 Å². The predicted molar refractivity (Wildman–Crippen MR) is 108 cm³/mol. The molecule has 2 aliphatic rings. The SMILES string of the molecule is CC(C)[C@H]1C=C(C(=O)NC2CCCCC2)O[C@@H](OCc2ccc(CO)cc2)C1. The summed E-state index contributed by atoms with van der Waals surface area (Å²) in [5.74, 6) is 0.952. The first-order chi connectivity index (χ1) is 13.5. The smallest absolute Gasteiger partial charge is 0.286 e. The van der Waals surface area contributed by atoms with Crippen molar-refractivity contribution in [3.8, 4) is 0 Å². The molecule has 1 heterocycles. The van der Waals surface area contributed by atoms with Crippen molar-refractivity contribution in [2.45, 2.75) is 77.9 Å². The maximum Gasteiger partial charge on any atom is 0.286 e. The summed E-state index contributed by atoms with van der Waals surface area (Å²) in [5.41, 5.74) is 1.90. The second-order valence-corrected chi connectivity index (χ2v) is 8.32. The first-order valence-electron chi connectivity index (χ1n) is 10.5. The van der Waals surface area contributed by atoms with Crippen LogP contribution in [0.15, 0.2) is 36.1 Å². The molecule has 0 radical (unpaired) electrons. The average molecular weight is 388 g/mol. The number of aliphatic hydroxyl groups excluding tert-OH is 1. The summed E-state index contributed by atoms with van der Waals surface area (Å²) in [5, 5.41) is 12.3. The number of aliphatic hydroxyl groups is 1. The van der Waals surface area contributed by atoms with Gasteiger partial charge in [0, 0.05) is 12.5 Å². The fraction of sp³-hybridized carbons (Fsp3) is 0.609. The van der Waals surface area contributed by atoms with Crippen molar-refractivity contribution in [3.05, 3.63) is 47.2 Å². The van der Waals surface area contributed by atoms with Crippen molar-refractivity contribution in [2.24, 2.45) is 11.8 Å². The van der Waals surface area contributed by atoms with Crippen LogP contribution in [0.3, 0.4) is 0 Å². The molecule has 28 heavy (non-hydrogen) atoms. The molecule has 0 spiro atoms. The summed E-state index contributed by atoms with van der Waals surface area (Å²) >= 11 is 0. The summed E-state index contributed by atoms with van der Waals surface area (Å²) < 4.78 is 11.9. The number of allylic oxidation sites excluding steroid dienone is 1. The quantitative estimate of drug-likeness (QED) is 0.741. The van der Waals surface area contributed by atoms with E-state index in [0.29, 0.717) is 18.3 Å². The molecule has 1 saturated carbocycles. The van der Waals surface area contributed by atoms with Gasteiger partial charge in [-0.15, -0.1) is 0 Å². The molecule has 0 saturated heterocycles. The highest BCUT2D eigenvalue weighted by molar-refractivity contribution is 5.91. The molecule has 2 N–H and O–H groups in total. The minimum Gasteiger partial charge on any atom is -0.459 e. The van der Waals surface area contributed by atoms with E-state index < -0.39 is 6.29 Å². The number of nitrogens with one attached hydrogen (secondary N) is 1. The van der Waals surface area contributed by atoms with Gasteiger partial charge in [-0.1, -0.05) is 57.4 Å². The van der Waals surface area contributed by atoms with E-state index in [0.717, 1.165) is 30.4 Å². The zero-order valence-corrected chi connectivity index (χ0v) is 17.0. The van der Waals surface area contributed by atoms with Gasteiger partial charge in [0.05, 0.1) is 13.2 Å². The number of rotatable bonds is 7. The number of carbonyl (C=O) groups is 1. The maximum absolute atomic E-state index is 12.7. The van der Waals surface area contributed by atoms with E-state index in [-0.39, 0.29) is 24.5 Å². The van der Waals surface area contributed by atoms with Crippen LogP contribution in [0.5, 0.6) is 0 Å². The van der Waals surface area contributed by atoms with Gasteiger partial charge >= 0.3 is 0 Å². The second-order valence-electron chi connectivity index (χ2n) is 8.32. The molecule has 0 aromatic heterocycles. The lowest BCUT2D eigenvalue weighted by molar-refractivity contribution is -0.155. The van der Waals surface area contributed by atoms with Gasteiger partial charge < -0.3 is 19.9 Å². The standard InChI is InChI=1S/C23H33NO4/c1-16(2)19-12-21(23(26)24-20-6-4-3-5-7-20)28-22(13-19)27-15-18-10-8-17(14-25)9-11-18/h8-12,16,19-20,22,25H,3-7,13-15H2,1-2H3,(H,24,26)/t19-,22+/m0/s1. The van der Waals surface area contributed by atoms with Gasteiger partial charge in [0.25, 0.3) is 5.91 Å². The van der Waals surface area contributed by atoms with Gasteiger partial charge in [0.15, 0.2) is 5.76 Å². The third-order valence-electron chi connectivity index (χ3n) is 5.75. The summed E-state index contributed by atoms with van der Waals surface area (Å²) in [7, 11) is 0. The molecular weight excluding hydrogens is 354 g/mol. The van der Waals surface area contributed by atoms with E-state index >= 15 is 0 Å². The number of ether oxygens (including phenoxy) is 2. The Morgan fingerprint density at radius 2 is 1.86 bits per heavy atom. The number of carbonyl (C=O) groups excluding carboxylic acids is 1. The fourth-order valence-corrected chi connectivity index (χ4v) is 3.84. The maximum atomic E-state index is 12.7. The zero-order valence-electron chi connectivity index (χ0n) is 17.0. The van der Waals surface area contributed by atoms with Gasteiger partial charge in [0.1, 0.15) is 0 Å². The largest absolute Gasteiger partial charge is 0.459 e. The topological polar surface area (TPSA) is 67.8 Å². The molecule has 0 bridgehead atoms. The molecule has 1 aliphatic heterocycles. The highest BCUT2D eigenvalue weighted by atomic mass is 16.7. The van der Waals surface area contributed by atoms with Crippen LogP contribution in [-0.2, 0) is 27.5 Å². The summed E-state index contributed by atoms with van der Waals surface area (Å²) in [6, 6.07) is 7.93. The number of amides is 1. The minimum absolute atomic E-state index is 0.0349. The van der Waals surface area contributed by atoms with Crippen LogP contribution in [0.4, 0.5) is 0 Å². The Balaban J connectivity index is 1.59. The van der Waals surface area contributed by atoms with Crippen molar-refractivity contribution >= 4 is 5.91 Å². The molecule has 1 aromatic carbocycles. The molecule has 1 amide bonds. The van der Waals surface area contributed by atoms with E-state index in [1.54, 1.807) is 0 Å². The lowest BCUT2D eigenvalue weighted by Crippen LogP contribution is -2.40. The predicted octanol–water partition coefficient (Wildman–Crippen LogP) is 4.05. The molecule has 5 nitrogen and oxygen atoms in total. The van der Waals surface area contributed by atoms with Gasteiger partial charge in [-0.3, -0.25) is 4.79 Å². The first-order valence-corrected chi connectivity index (χ1v) is 10.5. The van der Waals surface area contributed by atoms with Crippen molar-refractivity contribution in [1.82, 2.24) is 5.32 Å². The number of hydrogen-bond donors (Lipinski definition) is 2. The van der Waals surface area contributed by atoms with Crippen LogP contribution in [0.1, 0.15) is 63.5 Å². The number of benzene rings is 1. The summed E-state index contributed by atoms with van der Waals surface area (Å²) in [6.07, 6.45) is 8.01. The molecule has 1 aromatic rings. The minimum atomic E-state index is -0.429.